The second-order valence-electron chi connectivity index (χ2n) is 6.55. The van der Waals surface area contributed by atoms with Gasteiger partial charge in [0.1, 0.15) is 5.75 Å². The standard InChI is InChI=1S/C20H17Br3N4O2S/c1-2-3-8-30-20-25-19-16(26-27-20)10-6-4-5-7-13(10)24-18(29-19)14-11(21)9-12(22)17(28)15(14)23/h4-7,9,18,24,28H,2-3,8H2,1H3. The smallest absolute Gasteiger partial charge is 0.247 e. The Morgan fingerprint density at radius 1 is 1.17 bits per heavy atom. The van der Waals surface area contributed by atoms with Crippen molar-refractivity contribution in [3.8, 4) is 22.9 Å². The maximum Gasteiger partial charge on any atom is 0.247 e. The molecule has 0 saturated carbocycles. The zero-order valence-electron chi connectivity index (χ0n) is 15.8. The molecule has 1 aromatic heterocycles. The quantitative estimate of drug-likeness (QED) is 0.238. The fraction of sp³-hybridized carbons (Fsp3) is 0.250. The van der Waals surface area contributed by atoms with Gasteiger partial charge in [-0.05, 0) is 50.4 Å². The second kappa shape index (κ2) is 9.42. The predicted molar refractivity (Wildman–Crippen MR) is 129 cm³/mol. The normalized spacial score (nSPS) is 14.9. The molecule has 0 amide bonds. The maximum absolute atomic E-state index is 10.4. The van der Waals surface area contributed by atoms with Crippen molar-refractivity contribution in [2.75, 3.05) is 11.1 Å². The average molecular weight is 617 g/mol. The van der Waals surface area contributed by atoms with Gasteiger partial charge in [-0.2, -0.15) is 4.98 Å². The van der Waals surface area contributed by atoms with Gasteiger partial charge in [-0.1, -0.05) is 59.2 Å². The molecule has 2 aromatic carbocycles. The number of nitrogens with one attached hydrogen (secondary N) is 1. The van der Waals surface area contributed by atoms with Crippen molar-refractivity contribution in [2.24, 2.45) is 0 Å². The van der Waals surface area contributed by atoms with Crippen LogP contribution in [0.15, 0.2) is 48.9 Å². The number of anilines is 1. The van der Waals surface area contributed by atoms with E-state index in [4.69, 9.17) is 4.74 Å². The number of rotatable bonds is 5. The lowest BCUT2D eigenvalue weighted by Gasteiger charge is -2.22. The number of unbranched alkanes of at least 4 members (excludes halogenated alkanes) is 1. The van der Waals surface area contributed by atoms with Gasteiger partial charge < -0.3 is 15.2 Å². The summed E-state index contributed by atoms with van der Waals surface area (Å²) in [6, 6.07) is 9.56. The summed E-state index contributed by atoms with van der Waals surface area (Å²) in [5.74, 6) is 1.41. The van der Waals surface area contributed by atoms with Crippen LogP contribution in [0.1, 0.15) is 31.6 Å². The van der Waals surface area contributed by atoms with Gasteiger partial charge in [0.25, 0.3) is 0 Å². The Morgan fingerprint density at radius 3 is 2.77 bits per heavy atom. The van der Waals surface area contributed by atoms with Gasteiger partial charge in [0.2, 0.25) is 17.3 Å². The van der Waals surface area contributed by atoms with Gasteiger partial charge in [-0.3, -0.25) is 0 Å². The largest absolute Gasteiger partial charge is 0.506 e. The average Bonchev–Trinajstić information content (AvgIpc) is 2.88. The topological polar surface area (TPSA) is 80.2 Å². The Balaban J connectivity index is 1.81. The number of phenols is 1. The van der Waals surface area contributed by atoms with E-state index in [1.54, 1.807) is 17.8 Å². The second-order valence-corrected chi connectivity index (χ2v) is 10.1. The number of phenolic OH excluding ortho intramolecular Hbond substituents is 1. The number of benzene rings is 2. The Labute approximate surface area is 203 Å². The lowest BCUT2D eigenvalue weighted by atomic mass is 10.1. The van der Waals surface area contributed by atoms with E-state index in [-0.39, 0.29) is 5.75 Å². The minimum absolute atomic E-state index is 0.0907. The molecule has 6 nitrogen and oxygen atoms in total. The highest BCUT2D eigenvalue weighted by Gasteiger charge is 2.30. The molecule has 2 heterocycles. The van der Waals surface area contributed by atoms with Crippen molar-refractivity contribution >= 4 is 65.2 Å². The van der Waals surface area contributed by atoms with Gasteiger partial charge in [-0.15, -0.1) is 10.2 Å². The van der Waals surface area contributed by atoms with E-state index < -0.39 is 6.23 Å². The summed E-state index contributed by atoms with van der Waals surface area (Å²) in [5.41, 5.74) is 2.98. The fourth-order valence-electron chi connectivity index (χ4n) is 2.98. The Kier molecular flexibility index (Phi) is 6.86. The first-order valence-electron chi connectivity index (χ1n) is 9.26. The van der Waals surface area contributed by atoms with Crippen LogP contribution in [0, 0.1) is 0 Å². The van der Waals surface area contributed by atoms with Crippen LogP contribution >= 0.6 is 59.6 Å². The highest BCUT2D eigenvalue weighted by atomic mass is 79.9. The first-order valence-corrected chi connectivity index (χ1v) is 12.6. The van der Waals surface area contributed by atoms with E-state index in [0.717, 1.165) is 34.3 Å². The molecular weight excluding hydrogens is 600 g/mol. The van der Waals surface area contributed by atoms with Gasteiger partial charge >= 0.3 is 0 Å². The van der Waals surface area contributed by atoms with Crippen molar-refractivity contribution in [3.63, 3.8) is 0 Å². The van der Waals surface area contributed by atoms with E-state index in [2.05, 4.69) is 75.2 Å². The van der Waals surface area contributed by atoms with Crippen LogP contribution in [0.2, 0.25) is 0 Å². The van der Waals surface area contributed by atoms with E-state index in [1.807, 2.05) is 24.3 Å². The number of nitrogens with zero attached hydrogens (tertiary/aromatic N) is 3. The maximum atomic E-state index is 10.4. The van der Waals surface area contributed by atoms with Crippen LogP contribution in [-0.2, 0) is 0 Å². The number of aromatic hydroxyl groups is 1. The zero-order chi connectivity index (χ0) is 21.3. The van der Waals surface area contributed by atoms with E-state index in [1.165, 1.54) is 0 Å². The molecule has 2 N–H and O–H groups in total. The molecule has 0 radical (unpaired) electrons. The Morgan fingerprint density at radius 2 is 1.97 bits per heavy atom. The molecule has 30 heavy (non-hydrogen) atoms. The molecule has 10 heteroatoms. The summed E-state index contributed by atoms with van der Waals surface area (Å²) in [5, 5.41) is 23.1. The fourth-order valence-corrected chi connectivity index (χ4v) is 6.38. The van der Waals surface area contributed by atoms with Crippen molar-refractivity contribution in [3.05, 3.63) is 49.3 Å². The molecule has 0 aliphatic carbocycles. The van der Waals surface area contributed by atoms with E-state index >= 15 is 0 Å². The summed E-state index contributed by atoms with van der Waals surface area (Å²) in [6.45, 7) is 2.15. The summed E-state index contributed by atoms with van der Waals surface area (Å²) >= 11 is 12.0. The number of fused-ring (bicyclic) bond motifs is 3. The van der Waals surface area contributed by atoms with Crippen LogP contribution in [0.5, 0.6) is 11.6 Å². The zero-order valence-corrected chi connectivity index (χ0v) is 21.4. The molecule has 1 aliphatic heterocycles. The van der Waals surface area contributed by atoms with E-state index in [9.17, 15) is 5.11 Å². The number of thioether (sulfide) groups is 1. The van der Waals surface area contributed by atoms with Gasteiger partial charge in [0.05, 0.1) is 8.95 Å². The molecule has 0 bridgehead atoms. The number of aromatic nitrogens is 3. The number of ether oxygens (including phenoxy) is 1. The molecule has 1 atom stereocenters. The SMILES string of the molecule is CCCCSc1nnc2c(n1)OC(c1c(Br)cc(Br)c(O)c1Br)Nc1ccccc1-2. The first-order chi connectivity index (χ1) is 14.5. The predicted octanol–water partition coefficient (Wildman–Crippen LogP) is 6.93. The van der Waals surface area contributed by atoms with Crippen LogP contribution in [-0.4, -0.2) is 26.0 Å². The molecule has 3 aromatic rings. The van der Waals surface area contributed by atoms with Gasteiger partial charge in [-0.25, -0.2) is 0 Å². The summed E-state index contributed by atoms with van der Waals surface area (Å²) < 4.78 is 8.15. The van der Waals surface area contributed by atoms with Crippen LogP contribution in [0.4, 0.5) is 5.69 Å². The minimum atomic E-state index is -0.625. The number of para-hydroxylation sites is 1. The summed E-state index contributed by atoms with van der Waals surface area (Å²) in [7, 11) is 0. The number of halogens is 3. The van der Waals surface area contributed by atoms with Crippen molar-refractivity contribution in [1.29, 1.82) is 0 Å². The Bertz CT molecular complexity index is 1100. The molecule has 0 saturated heterocycles. The van der Waals surface area contributed by atoms with Crippen molar-refractivity contribution in [1.82, 2.24) is 15.2 Å². The molecule has 4 rings (SSSR count). The molecule has 156 valence electrons. The van der Waals surface area contributed by atoms with Crippen LogP contribution in [0.3, 0.4) is 0 Å². The number of hydrogen-bond acceptors (Lipinski definition) is 7. The monoisotopic (exact) mass is 614 g/mol. The van der Waals surface area contributed by atoms with Crippen molar-refractivity contribution in [2.45, 2.75) is 31.1 Å². The molecule has 0 spiro atoms. The lowest BCUT2D eigenvalue weighted by molar-refractivity contribution is 0.223. The highest BCUT2D eigenvalue weighted by Crippen LogP contribution is 2.46. The molecule has 0 fully saturated rings. The van der Waals surface area contributed by atoms with Crippen LogP contribution in [0.25, 0.3) is 11.3 Å². The van der Waals surface area contributed by atoms with E-state index in [0.29, 0.717) is 31.2 Å². The highest BCUT2D eigenvalue weighted by molar-refractivity contribution is 9.11. The summed E-state index contributed by atoms with van der Waals surface area (Å²) in [4.78, 5) is 4.64. The molecular formula is C20H17Br3N4O2S. The third-order valence-corrected chi connectivity index (χ3v) is 7.49. The third-order valence-electron chi connectivity index (χ3n) is 4.51. The van der Waals surface area contributed by atoms with Crippen molar-refractivity contribution < 1.29 is 9.84 Å². The van der Waals surface area contributed by atoms with Gasteiger partial charge in [0, 0.05) is 27.0 Å². The minimum Gasteiger partial charge on any atom is -0.506 e. The Hall–Kier alpha value is -1.36. The van der Waals surface area contributed by atoms with Gasteiger partial charge in [0.15, 0.2) is 5.69 Å². The number of hydrogen-bond donors (Lipinski definition) is 2. The molecule has 1 aliphatic rings. The lowest BCUT2D eigenvalue weighted by Crippen LogP contribution is -2.18. The van der Waals surface area contributed by atoms with Crippen LogP contribution < -0.4 is 10.1 Å². The third kappa shape index (κ3) is 4.32. The summed E-state index contributed by atoms with van der Waals surface area (Å²) in [6.07, 6.45) is 1.56. The molecule has 1 unspecified atom stereocenters. The first kappa shape index (κ1) is 21.9.